The fraction of sp³-hybridized carbons (Fsp3) is 0.200. The second-order valence-electron chi connectivity index (χ2n) is 7.26. The van der Waals surface area contributed by atoms with Crippen LogP contribution < -0.4 is 9.47 Å². The molecule has 0 saturated carbocycles. The van der Waals surface area contributed by atoms with Crippen LogP contribution in [0.2, 0.25) is 0 Å². The average molecular weight is 427 g/mol. The monoisotopic (exact) mass is 427 g/mol. The Labute approximate surface area is 185 Å². The summed E-state index contributed by atoms with van der Waals surface area (Å²) in [7, 11) is 2.85. The van der Waals surface area contributed by atoms with E-state index in [4.69, 9.17) is 14.2 Å². The number of carbonyl (C=O) groups is 1. The smallest absolute Gasteiger partial charge is 0.356 e. The highest BCUT2D eigenvalue weighted by atomic mass is 16.5. The molecule has 0 spiro atoms. The molecule has 0 fully saturated rings. The van der Waals surface area contributed by atoms with E-state index >= 15 is 0 Å². The van der Waals surface area contributed by atoms with Gasteiger partial charge in [0.15, 0.2) is 5.75 Å². The third kappa shape index (κ3) is 4.44. The minimum absolute atomic E-state index is 0.0543. The summed E-state index contributed by atoms with van der Waals surface area (Å²) in [4.78, 5) is 20.3. The number of rotatable bonds is 6. The van der Waals surface area contributed by atoms with Gasteiger partial charge in [-0.25, -0.2) is 14.8 Å². The van der Waals surface area contributed by atoms with E-state index in [1.807, 2.05) is 12.1 Å². The van der Waals surface area contributed by atoms with Gasteiger partial charge in [-0.1, -0.05) is 24.3 Å². The van der Waals surface area contributed by atoms with E-state index in [1.165, 1.54) is 24.4 Å². The van der Waals surface area contributed by atoms with Crippen LogP contribution >= 0.6 is 0 Å². The molecule has 1 aliphatic rings. The van der Waals surface area contributed by atoms with Crippen molar-refractivity contribution in [3.63, 3.8) is 0 Å². The quantitative estimate of drug-likeness (QED) is 0.435. The standard InChI is InChI=1S/C25H21N3O4/c1-30-23-8-7-21(19(15-26)11-16-9-10-27-22(12-16)25(29)31-2)28-24(23)32-20-13-17-5-3-4-6-18(17)14-20/h3-12,20H,13-14H2,1-2H3. The molecule has 0 atom stereocenters. The predicted octanol–water partition coefficient (Wildman–Crippen LogP) is 3.88. The molecule has 0 N–H and O–H groups in total. The molecule has 0 aliphatic heterocycles. The Morgan fingerprint density at radius 1 is 1.09 bits per heavy atom. The molecule has 7 nitrogen and oxygen atoms in total. The van der Waals surface area contributed by atoms with Crippen LogP contribution in [-0.2, 0) is 17.6 Å². The maximum Gasteiger partial charge on any atom is 0.356 e. The third-order valence-electron chi connectivity index (χ3n) is 5.22. The largest absolute Gasteiger partial charge is 0.491 e. The number of ether oxygens (including phenoxy) is 3. The Balaban J connectivity index is 1.62. The Kier molecular flexibility index (Phi) is 6.13. The van der Waals surface area contributed by atoms with Gasteiger partial charge in [0, 0.05) is 19.0 Å². The molecule has 0 saturated heterocycles. The molecule has 7 heteroatoms. The van der Waals surface area contributed by atoms with Gasteiger partial charge in [-0.3, -0.25) is 0 Å². The van der Waals surface area contributed by atoms with Crippen molar-refractivity contribution >= 4 is 17.6 Å². The van der Waals surface area contributed by atoms with Gasteiger partial charge in [0.05, 0.1) is 25.5 Å². The Bertz CT molecular complexity index is 1200. The highest BCUT2D eigenvalue weighted by Crippen LogP contribution is 2.32. The van der Waals surface area contributed by atoms with Crippen LogP contribution in [0.25, 0.3) is 11.6 Å². The van der Waals surface area contributed by atoms with Crippen LogP contribution in [0.3, 0.4) is 0 Å². The first kappa shape index (κ1) is 21.1. The van der Waals surface area contributed by atoms with Gasteiger partial charge in [0.1, 0.15) is 17.9 Å². The molecule has 3 aromatic rings. The molecular weight excluding hydrogens is 406 g/mol. The lowest BCUT2D eigenvalue weighted by Gasteiger charge is -2.15. The van der Waals surface area contributed by atoms with E-state index in [-0.39, 0.29) is 11.8 Å². The van der Waals surface area contributed by atoms with Gasteiger partial charge in [-0.05, 0) is 47.0 Å². The minimum Gasteiger partial charge on any atom is -0.491 e. The molecular formula is C25H21N3O4. The zero-order valence-corrected chi connectivity index (χ0v) is 17.7. The first-order valence-corrected chi connectivity index (χ1v) is 10.1. The van der Waals surface area contributed by atoms with Gasteiger partial charge >= 0.3 is 5.97 Å². The highest BCUT2D eigenvalue weighted by Gasteiger charge is 2.24. The highest BCUT2D eigenvalue weighted by molar-refractivity contribution is 5.91. The molecule has 1 aromatic carbocycles. The second-order valence-corrected chi connectivity index (χ2v) is 7.26. The zero-order valence-electron chi connectivity index (χ0n) is 17.7. The molecule has 2 aromatic heterocycles. The van der Waals surface area contributed by atoms with E-state index < -0.39 is 5.97 Å². The number of methoxy groups -OCH3 is 2. The number of pyridine rings is 2. The van der Waals surface area contributed by atoms with Crippen molar-refractivity contribution in [3.05, 3.63) is 82.8 Å². The molecule has 2 heterocycles. The van der Waals surface area contributed by atoms with Crippen molar-refractivity contribution < 1.29 is 19.0 Å². The zero-order chi connectivity index (χ0) is 22.5. The van der Waals surface area contributed by atoms with Crippen LogP contribution in [-0.4, -0.2) is 36.3 Å². The van der Waals surface area contributed by atoms with Crippen LogP contribution in [0.5, 0.6) is 11.6 Å². The first-order valence-electron chi connectivity index (χ1n) is 10.1. The van der Waals surface area contributed by atoms with E-state index in [0.717, 1.165) is 12.8 Å². The van der Waals surface area contributed by atoms with Crippen molar-refractivity contribution in [2.45, 2.75) is 18.9 Å². The van der Waals surface area contributed by atoms with Crippen molar-refractivity contribution in [2.24, 2.45) is 0 Å². The number of hydrogen-bond acceptors (Lipinski definition) is 7. The second kappa shape index (κ2) is 9.31. The molecule has 0 radical (unpaired) electrons. The lowest BCUT2D eigenvalue weighted by Crippen LogP contribution is -2.17. The van der Waals surface area contributed by atoms with Gasteiger partial charge in [0.2, 0.25) is 0 Å². The Morgan fingerprint density at radius 2 is 1.84 bits per heavy atom. The molecule has 0 amide bonds. The maximum absolute atomic E-state index is 11.7. The van der Waals surface area contributed by atoms with Gasteiger partial charge in [-0.15, -0.1) is 0 Å². The number of nitrogens with zero attached hydrogens (tertiary/aromatic N) is 3. The predicted molar refractivity (Wildman–Crippen MR) is 118 cm³/mol. The molecule has 0 bridgehead atoms. The number of fused-ring (bicyclic) bond motifs is 1. The van der Waals surface area contributed by atoms with Crippen LogP contribution in [0, 0.1) is 11.3 Å². The lowest BCUT2D eigenvalue weighted by atomic mass is 10.1. The summed E-state index contributed by atoms with van der Waals surface area (Å²) in [6.45, 7) is 0. The maximum atomic E-state index is 11.7. The summed E-state index contributed by atoms with van der Waals surface area (Å²) in [6.07, 6.45) is 4.65. The van der Waals surface area contributed by atoms with Gasteiger partial charge in [0.25, 0.3) is 5.88 Å². The minimum atomic E-state index is -0.547. The van der Waals surface area contributed by atoms with E-state index in [0.29, 0.717) is 28.5 Å². The number of nitriles is 1. The molecule has 0 unspecified atom stereocenters. The van der Waals surface area contributed by atoms with Crippen molar-refractivity contribution in [3.8, 4) is 17.7 Å². The summed E-state index contributed by atoms with van der Waals surface area (Å²) in [6, 6.07) is 17.1. The van der Waals surface area contributed by atoms with Crippen LogP contribution in [0.1, 0.15) is 32.9 Å². The molecule has 32 heavy (non-hydrogen) atoms. The lowest BCUT2D eigenvalue weighted by molar-refractivity contribution is 0.0594. The van der Waals surface area contributed by atoms with Crippen LogP contribution in [0.15, 0.2) is 54.7 Å². The summed E-state index contributed by atoms with van der Waals surface area (Å²) in [5.41, 5.74) is 4.08. The Hall–Kier alpha value is -4.18. The number of allylic oxidation sites excluding steroid dienone is 1. The molecule has 160 valence electrons. The normalized spacial score (nSPS) is 13.2. The van der Waals surface area contributed by atoms with E-state index in [9.17, 15) is 10.1 Å². The summed E-state index contributed by atoms with van der Waals surface area (Å²) in [5.74, 6) is 0.294. The Morgan fingerprint density at radius 3 is 2.50 bits per heavy atom. The number of benzene rings is 1. The van der Waals surface area contributed by atoms with Crippen molar-refractivity contribution in [2.75, 3.05) is 14.2 Å². The summed E-state index contributed by atoms with van der Waals surface area (Å²) in [5, 5.41) is 9.75. The number of carbonyl (C=O) groups excluding carboxylic acids is 1. The summed E-state index contributed by atoms with van der Waals surface area (Å²) >= 11 is 0. The van der Waals surface area contributed by atoms with E-state index in [2.05, 4.69) is 28.2 Å². The van der Waals surface area contributed by atoms with Crippen LogP contribution in [0.4, 0.5) is 0 Å². The number of hydrogen-bond donors (Lipinski definition) is 0. The summed E-state index contributed by atoms with van der Waals surface area (Å²) < 4.78 is 16.3. The first-order chi connectivity index (χ1) is 15.6. The SMILES string of the molecule is COC(=O)c1cc(C=C(C#N)c2ccc(OC)c(OC3Cc4ccccc4C3)n2)ccn1. The van der Waals surface area contributed by atoms with Crippen molar-refractivity contribution in [1.29, 1.82) is 5.26 Å². The molecule has 1 aliphatic carbocycles. The van der Waals surface area contributed by atoms with Gasteiger partial charge in [-0.2, -0.15) is 5.26 Å². The van der Waals surface area contributed by atoms with Crippen molar-refractivity contribution in [1.82, 2.24) is 9.97 Å². The fourth-order valence-electron chi connectivity index (χ4n) is 3.66. The molecule has 4 rings (SSSR count). The number of aromatic nitrogens is 2. The number of esters is 1. The topological polar surface area (TPSA) is 94.3 Å². The fourth-order valence-corrected chi connectivity index (χ4v) is 3.66. The van der Waals surface area contributed by atoms with E-state index in [1.54, 1.807) is 37.5 Å². The van der Waals surface area contributed by atoms with Gasteiger partial charge < -0.3 is 14.2 Å². The third-order valence-corrected chi connectivity index (χ3v) is 5.22. The average Bonchev–Trinajstić information content (AvgIpc) is 3.24.